The quantitative estimate of drug-likeness (QED) is 0.574. The van der Waals surface area contributed by atoms with Crippen molar-refractivity contribution < 1.29 is 19.1 Å². The molecule has 0 saturated carbocycles. The Hall–Kier alpha value is -3.20. The summed E-state index contributed by atoms with van der Waals surface area (Å²) in [6, 6.07) is 7.44. The number of nitrogens with one attached hydrogen (secondary N) is 2. The van der Waals surface area contributed by atoms with Crippen LogP contribution in [0.5, 0.6) is 5.75 Å². The zero-order valence-corrected chi connectivity index (χ0v) is 17.0. The lowest BCUT2D eigenvalue weighted by Crippen LogP contribution is -2.45. The number of benzene rings is 1. The van der Waals surface area contributed by atoms with Gasteiger partial charge in [0.05, 0.1) is 12.6 Å². The van der Waals surface area contributed by atoms with Crippen molar-refractivity contribution in [3.63, 3.8) is 0 Å². The predicted molar refractivity (Wildman–Crippen MR) is 109 cm³/mol. The number of ether oxygens (including phenoxy) is 2. The highest BCUT2D eigenvalue weighted by molar-refractivity contribution is 7.17. The fourth-order valence-electron chi connectivity index (χ4n) is 2.68. The Bertz CT molecular complexity index is 1070. The highest BCUT2D eigenvalue weighted by atomic mass is 32.1. The normalized spacial score (nSPS) is 12.0. The largest absolute Gasteiger partial charge is 0.497 e. The van der Waals surface area contributed by atoms with E-state index in [0.29, 0.717) is 21.5 Å². The Morgan fingerprint density at radius 2 is 1.93 bits per heavy atom. The molecule has 1 amide bonds. The van der Waals surface area contributed by atoms with Gasteiger partial charge in [-0.1, -0.05) is 13.8 Å². The lowest BCUT2D eigenvalue weighted by Gasteiger charge is -2.20. The zero-order valence-electron chi connectivity index (χ0n) is 16.2. The van der Waals surface area contributed by atoms with Gasteiger partial charge in [0.25, 0.3) is 11.5 Å². The molecule has 0 bridgehead atoms. The number of hydrogen-bond donors (Lipinski definition) is 2. The molecule has 2 aromatic heterocycles. The average molecular weight is 415 g/mol. The van der Waals surface area contributed by atoms with Gasteiger partial charge in [0.1, 0.15) is 28.9 Å². The average Bonchev–Trinajstić information content (AvgIpc) is 3.19. The van der Waals surface area contributed by atoms with Crippen molar-refractivity contribution in [3.05, 3.63) is 57.5 Å². The summed E-state index contributed by atoms with van der Waals surface area (Å²) in [4.78, 5) is 43.9. The van der Waals surface area contributed by atoms with Crippen LogP contribution in [0.4, 0.5) is 0 Å². The van der Waals surface area contributed by atoms with Crippen molar-refractivity contribution in [2.24, 2.45) is 5.92 Å². The van der Waals surface area contributed by atoms with Crippen LogP contribution < -0.4 is 15.6 Å². The number of amides is 1. The van der Waals surface area contributed by atoms with Crippen molar-refractivity contribution in [1.29, 1.82) is 0 Å². The number of carbonyl (C=O) groups excluding carboxylic acids is 2. The summed E-state index contributed by atoms with van der Waals surface area (Å²) in [6.45, 7) is 3.41. The van der Waals surface area contributed by atoms with Crippen LogP contribution in [0.2, 0.25) is 0 Å². The fraction of sp³-hybridized carbons (Fsp3) is 0.300. The van der Waals surface area contributed by atoms with E-state index in [9.17, 15) is 14.4 Å². The van der Waals surface area contributed by atoms with Gasteiger partial charge in [0.15, 0.2) is 0 Å². The number of aromatic nitrogens is 2. The molecule has 2 heterocycles. The third-order valence-electron chi connectivity index (χ3n) is 4.27. The molecule has 0 radical (unpaired) electrons. The first-order valence-corrected chi connectivity index (χ1v) is 9.85. The number of nitrogens with zero attached hydrogens (tertiary/aromatic N) is 1. The third-order valence-corrected chi connectivity index (χ3v) is 5.18. The highest BCUT2D eigenvalue weighted by Gasteiger charge is 2.26. The Morgan fingerprint density at radius 1 is 1.21 bits per heavy atom. The van der Waals surface area contributed by atoms with E-state index in [4.69, 9.17) is 9.47 Å². The molecule has 2 N–H and O–H groups in total. The van der Waals surface area contributed by atoms with E-state index in [1.54, 1.807) is 49.6 Å². The van der Waals surface area contributed by atoms with Gasteiger partial charge in [-0.15, -0.1) is 11.3 Å². The maximum atomic E-state index is 12.5. The number of fused-ring (bicyclic) bond motifs is 1. The molecule has 0 unspecified atom stereocenters. The molecule has 152 valence electrons. The molecule has 0 saturated heterocycles. The standard InChI is InChI=1S/C20H21N3O5S/c1-11(2)16(23-18(24)12-4-6-13(27-3)7-5-12)20(26)28-10-15-21-14-8-9-29-17(14)19(25)22-15/h4-9,11,16H,10H2,1-3H3,(H,23,24)(H,21,22,25)/t16-/m0/s1. The molecule has 3 rings (SSSR count). The van der Waals surface area contributed by atoms with Gasteiger partial charge in [-0.2, -0.15) is 0 Å². The predicted octanol–water partition coefficient (Wildman–Crippen LogP) is 2.49. The van der Waals surface area contributed by atoms with Crippen LogP contribution in [0, 0.1) is 5.92 Å². The van der Waals surface area contributed by atoms with Crippen molar-refractivity contribution in [3.8, 4) is 5.75 Å². The van der Waals surface area contributed by atoms with Gasteiger partial charge in [-0.25, -0.2) is 9.78 Å². The zero-order chi connectivity index (χ0) is 21.0. The molecule has 29 heavy (non-hydrogen) atoms. The smallest absolute Gasteiger partial charge is 0.329 e. The number of methoxy groups -OCH3 is 1. The van der Waals surface area contributed by atoms with Crippen molar-refractivity contribution in [2.45, 2.75) is 26.5 Å². The molecule has 0 aliphatic carbocycles. The van der Waals surface area contributed by atoms with Gasteiger partial charge < -0.3 is 19.8 Å². The van der Waals surface area contributed by atoms with Crippen molar-refractivity contribution >= 4 is 33.4 Å². The van der Waals surface area contributed by atoms with Gasteiger partial charge in [-0.3, -0.25) is 9.59 Å². The van der Waals surface area contributed by atoms with Crippen LogP contribution in [-0.2, 0) is 16.1 Å². The molecule has 0 spiro atoms. The van der Waals surface area contributed by atoms with E-state index >= 15 is 0 Å². The van der Waals surface area contributed by atoms with E-state index in [2.05, 4.69) is 15.3 Å². The van der Waals surface area contributed by atoms with E-state index in [1.807, 2.05) is 0 Å². The Balaban J connectivity index is 1.66. The first-order valence-electron chi connectivity index (χ1n) is 8.97. The summed E-state index contributed by atoms with van der Waals surface area (Å²) >= 11 is 1.29. The fourth-order valence-corrected chi connectivity index (χ4v) is 3.41. The topological polar surface area (TPSA) is 110 Å². The van der Waals surface area contributed by atoms with E-state index in [0.717, 1.165) is 0 Å². The minimum absolute atomic E-state index is 0.193. The second-order valence-corrected chi connectivity index (χ2v) is 7.60. The van der Waals surface area contributed by atoms with Crippen LogP contribution in [-0.4, -0.2) is 35.0 Å². The maximum absolute atomic E-state index is 12.5. The first-order chi connectivity index (χ1) is 13.9. The summed E-state index contributed by atoms with van der Waals surface area (Å²) in [5.41, 5.74) is 0.681. The van der Waals surface area contributed by atoms with E-state index in [1.165, 1.54) is 18.4 Å². The minimum atomic E-state index is -0.846. The number of carbonyl (C=O) groups is 2. The summed E-state index contributed by atoms with van der Waals surface area (Å²) in [5, 5.41) is 4.47. The Labute approximate surface area is 170 Å². The molecule has 1 atom stereocenters. The van der Waals surface area contributed by atoms with E-state index < -0.39 is 17.9 Å². The van der Waals surface area contributed by atoms with Crippen LogP contribution >= 0.6 is 11.3 Å². The van der Waals surface area contributed by atoms with Gasteiger partial charge in [0, 0.05) is 5.56 Å². The molecule has 0 aliphatic rings. The van der Waals surface area contributed by atoms with Crippen molar-refractivity contribution in [2.75, 3.05) is 7.11 Å². The lowest BCUT2D eigenvalue weighted by atomic mass is 10.0. The number of thiophene rings is 1. The van der Waals surface area contributed by atoms with Crippen molar-refractivity contribution in [1.82, 2.24) is 15.3 Å². The molecule has 9 heteroatoms. The number of H-pyrrole nitrogens is 1. The van der Waals surface area contributed by atoms with Gasteiger partial charge in [-0.05, 0) is 41.6 Å². The first kappa shape index (κ1) is 20.5. The number of aromatic amines is 1. The van der Waals surface area contributed by atoms with Gasteiger partial charge in [0.2, 0.25) is 0 Å². The second-order valence-electron chi connectivity index (χ2n) is 6.68. The van der Waals surface area contributed by atoms with Crippen LogP contribution in [0.3, 0.4) is 0 Å². The Kier molecular flexibility index (Phi) is 6.28. The molecule has 8 nitrogen and oxygen atoms in total. The summed E-state index contributed by atoms with van der Waals surface area (Å²) in [6.07, 6.45) is 0. The monoisotopic (exact) mass is 415 g/mol. The highest BCUT2D eigenvalue weighted by Crippen LogP contribution is 2.15. The summed E-state index contributed by atoms with van der Waals surface area (Å²) < 4.78 is 10.9. The molecular formula is C20H21N3O5S. The second kappa shape index (κ2) is 8.87. The lowest BCUT2D eigenvalue weighted by molar-refractivity contribution is -0.148. The number of rotatable bonds is 7. The maximum Gasteiger partial charge on any atom is 0.329 e. The summed E-state index contributed by atoms with van der Waals surface area (Å²) in [7, 11) is 1.54. The van der Waals surface area contributed by atoms with Gasteiger partial charge >= 0.3 is 5.97 Å². The SMILES string of the molecule is COc1ccc(C(=O)N[C@H](C(=O)OCc2nc3ccsc3c(=O)[nH]2)C(C)C)cc1. The molecule has 3 aromatic rings. The van der Waals surface area contributed by atoms with E-state index in [-0.39, 0.29) is 23.9 Å². The van der Waals surface area contributed by atoms with Crippen LogP contribution in [0.25, 0.3) is 10.2 Å². The molecule has 0 aliphatic heterocycles. The molecule has 1 aromatic carbocycles. The number of hydrogen-bond acceptors (Lipinski definition) is 7. The molecule has 0 fully saturated rings. The molecular weight excluding hydrogens is 394 g/mol. The minimum Gasteiger partial charge on any atom is -0.497 e. The number of esters is 1. The van der Waals surface area contributed by atoms with Crippen LogP contribution in [0.15, 0.2) is 40.5 Å². The Morgan fingerprint density at radius 3 is 2.59 bits per heavy atom. The van der Waals surface area contributed by atoms with Crippen LogP contribution in [0.1, 0.15) is 30.0 Å². The summed E-state index contributed by atoms with van der Waals surface area (Å²) in [5.74, 6) is -0.316. The third kappa shape index (κ3) is 4.80.